The first kappa shape index (κ1) is 21.8. The van der Waals surface area contributed by atoms with Crippen molar-refractivity contribution < 1.29 is 14.3 Å². The summed E-state index contributed by atoms with van der Waals surface area (Å²) >= 11 is 6.04. The largest absolute Gasteiger partial charge is 0.383 e. The van der Waals surface area contributed by atoms with Crippen LogP contribution in [0.1, 0.15) is 47.8 Å². The van der Waals surface area contributed by atoms with Crippen LogP contribution in [0.3, 0.4) is 0 Å². The van der Waals surface area contributed by atoms with Gasteiger partial charge in [0.25, 0.3) is 5.91 Å². The molecule has 2 aromatic rings. The van der Waals surface area contributed by atoms with Crippen LogP contribution >= 0.6 is 11.6 Å². The molecule has 1 aromatic carbocycles. The molecule has 2 aliphatic rings. The first-order valence-electron chi connectivity index (χ1n) is 10.7. The van der Waals surface area contributed by atoms with E-state index in [4.69, 9.17) is 16.3 Å². The lowest BCUT2D eigenvalue weighted by molar-refractivity contribution is -0.135. The number of hydrogen-bond donors (Lipinski definition) is 1. The Balaban J connectivity index is 1.32. The number of benzene rings is 1. The molecular formula is C22H28ClN5O3. The number of rotatable bonds is 7. The molecule has 0 bridgehead atoms. The number of amides is 2. The quantitative estimate of drug-likeness (QED) is 0.661. The van der Waals surface area contributed by atoms with Gasteiger partial charge in [0, 0.05) is 31.8 Å². The Morgan fingerprint density at radius 2 is 2.10 bits per heavy atom. The Labute approximate surface area is 186 Å². The molecule has 1 aliphatic carbocycles. The average Bonchev–Trinajstić information content (AvgIpc) is 3.22. The van der Waals surface area contributed by atoms with Gasteiger partial charge in [-0.1, -0.05) is 28.9 Å². The molecule has 1 aliphatic heterocycles. The Kier molecular flexibility index (Phi) is 6.57. The molecule has 2 fully saturated rings. The third-order valence-electron chi connectivity index (χ3n) is 6.63. The van der Waals surface area contributed by atoms with E-state index in [0.29, 0.717) is 30.3 Å². The fourth-order valence-corrected chi connectivity index (χ4v) is 4.92. The van der Waals surface area contributed by atoms with E-state index in [-0.39, 0.29) is 23.3 Å². The predicted molar refractivity (Wildman–Crippen MR) is 116 cm³/mol. The van der Waals surface area contributed by atoms with E-state index in [1.165, 1.54) is 0 Å². The molecule has 2 heterocycles. The van der Waals surface area contributed by atoms with Gasteiger partial charge in [-0.3, -0.25) is 9.59 Å². The lowest BCUT2D eigenvalue weighted by Crippen LogP contribution is -2.51. The predicted octanol–water partition coefficient (Wildman–Crippen LogP) is 2.49. The van der Waals surface area contributed by atoms with Crippen molar-refractivity contribution in [1.82, 2.24) is 25.2 Å². The first-order chi connectivity index (χ1) is 15.0. The molecule has 1 atom stereocenters. The van der Waals surface area contributed by atoms with Crippen molar-refractivity contribution in [2.24, 2.45) is 5.41 Å². The highest BCUT2D eigenvalue weighted by molar-refractivity contribution is 6.30. The van der Waals surface area contributed by atoms with E-state index in [1.807, 2.05) is 33.8 Å². The molecule has 4 rings (SSSR count). The van der Waals surface area contributed by atoms with Gasteiger partial charge in [-0.25, -0.2) is 4.68 Å². The number of carbonyl (C=O) groups excluding carboxylic acids is 2. The van der Waals surface area contributed by atoms with E-state index in [0.717, 1.165) is 44.3 Å². The topological polar surface area (TPSA) is 89.4 Å². The first-order valence-corrected chi connectivity index (χ1v) is 11.1. The Bertz CT molecular complexity index is 939. The summed E-state index contributed by atoms with van der Waals surface area (Å²) < 4.78 is 6.79. The van der Waals surface area contributed by atoms with Crippen LogP contribution < -0.4 is 5.32 Å². The van der Waals surface area contributed by atoms with Crippen molar-refractivity contribution >= 4 is 23.4 Å². The van der Waals surface area contributed by atoms with Gasteiger partial charge in [-0.15, -0.1) is 5.10 Å². The lowest BCUT2D eigenvalue weighted by Gasteiger charge is -2.53. The van der Waals surface area contributed by atoms with Gasteiger partial charge in [0.15, 0.2) is 5.69 Å². The molecule has 1 saturated heterocycles. The summed E-state index contributed by atoms with van der Waals surface area (Å²) in [7, 11) is 1.59. The molecule has 2 amide bonds. The summed E-state index contributed by atoms with van der Waals surface area (Å²) in [5.74, 6) is -0.0955. The van der Waals surface area contributed by atoms with E-state index in [9.17, 15) is 9.59 Å². The standard InChI is InChI=1S/C22H28ClN5O3/c1-31-12-9-24-21(30)18-15-28(26-25-18)19-5-6-22(19)7-10-27(11-8-22)20(29)14-16-3-2-4-17(23)13-16/h2-4,13,15,19H,5-12,14H2,1H3,(H,24,30). The molecule has 0 radical (unpaired) electrons. The molecular weight excluding hydrogens is 418 g/mol. The SMILES string of the molecule is COCCNC(=O)c1cn(C2CCC23CCN(C(=O)Cc2cccc(Cl)c2)CC3)nn1. The van der Waals surface area contributed by atoms with E-state index < -0.39 is 0 Å². The van der Waals surface area contributed by atoms with Crippen LogP contribution in [0.4, 0.5) is 0 Å². The fourth-order valence-electron chi connectivity index (χ4n) is 4.70. The zero-order chi connectivity index (χ0) is 21.8. The summed E-state index contributed by atoms with van der Waals surface area (Å²) in [4.78, 5) is 26.9. The van der Waals surface area contributed by atoms with Crippen LogP contribution in [0.25, 0.3) is 0 Å². The van der Waals surface area contributed by atoms with Gasteiger partial charge in [0.05, 0.1) is 25.3 Å². The highest BCUT2D eigenvalue weighted by atomic mass is 35.5. The molecule has 1 aromatic heterocycles. The van der Waals surface area contributed by atoms with Crippen molar-refractivity contribution in [3.63, 3.8) is 0 Å². The normalized spacial score (nSPS) is 19.8. The highest BCUT2D eigenvalue weighted by Crippen LogP contribution is 2.56. The smallest absolute Gasteiger partial charge is 0.273 e. The average molecular weight is 446 g/mol. The number of ether oxygens (including phenoxy) is 1. The minimum atomic E-state index is -0.238. The molecule has 1 saturated carbocycles. The highest BCUT2D eigenvalue weighted by Gasteiger charge is 2.50. The van der Waals surface area contributed by atoms with Crippen LogP contribution in [-0.4, -0.2) is 65.1 Å². The van der Waals surface area contributed by atoms with Crippen molar-refractivity contribution in [2.45, 2.75) is 38.1 Å². The van der Waals surface area contributed by atoms with Gasteiger partial charge < -0.3 is 15.0 Å². The lowest BCUT2D eigenvalue weighted by atomic mass is 9.59. The van der Waals surface area contributed by atoms with E-state index in [1.54, 1.807) is 13.3 Å². The Morgan fingerprint density at radius 1 is 1.29 bits per heavy atom. The second kappa shape index (κ2) is 9.36. The van der Waals surface area contributed by atoms with Gasteiger partial charge in [-0.05, 0) is 48.8 Å². The molecule has 9 heteroatoms. The molecule has 166 valence electrons. The van der Waals surface area contributed by atoms with Crippen molar-refractivity contribution in [3.05, 3.63) is 46.7 Å². The molecule has 1 unspecified atom stereocenters. The summed E-state index contributed by atoms with van der Waals surface area (Å²) in [6.45, 7) is 2.39. The number of nitrogens with one attached hydrogen (secondary N) is 1. The van der Waals surface area contributed by atoms with E-state index in [2.05, 4.69) is 15.6 Å². The summed E-state index contributed by atoms with van der Waals surface area (Å²) in [6.07, 6.45) is 6.13. The maximum atomic E-state index is 12.7. The number of nitrogens with zero attached hydrogens (tertiary/aromatic N) is 4. The molecule has 1 N–H and O–H groups in total. The minimum absolute atomic E-state index is 0.129. The number of hydrogen-bond acceptors (Lipinski definition) is 5. The second-order valence-corrected chi connectivity index (χ2v) is 8.87. The maximum absolute atomic E-state index is 12.7. The van der Waals surface area contributed by atoms with Crippen molar-refractivity contribution in [3.8, 4) is 0 Å². The second-order valence-electron chi connectivity index (χ2n) is 8.44. The number of likely N-dealkylation sites (tertiary alicyclic amines) is 1. The summed E-state index contributed by atoms with van der Waals surface area (Å²) in [5, 5.41) is 11.7. The number of piperidine rings is 1. The number of aromatic nitrogens is 3. The van der Waals surface area contributed by atoms with Crippen LogP contribution in [0.5, 0.6) is 0 Å². The van der Waals surface area contributed by atoms with Gasteiger partial charge in [-0.2, -0.15) is 0 Å². The minimum Gasteiger partial charge on any atom is -0.383 e. The van der Waals surface area contributed by atoms with Gasteiger partial charge in [0.2, 0.25) is 5.91 Å². The maximum Gasteiger partial charge on any atom is 0.273 e. The molecule has 31 heavy (non-hydrogen) atoms. The zero-order valence-corrected chi connectivity index (χ0v) is 18.5. The van der Waals surface area contributed by atoms with Crippen LogP contribution in [0.15, 0.2) is 30.5 Å². The van der Waals surface area contributed by atoms with Crippen LogP contribution in [-0.2, 0) is 16.0 Å². The zero-order valence-electron chi connectivity index (χ0n) is 17.7. The molecule has 8 nitrogen and oxygen atoms in total. The Morgan fingerprint density at radius 3 is 2.77 bits per heavy atom. The fraction of sp³-hybridized carbons (Fsp3) is 0.545. The molecule has 1 spiro atoms. The summed E-state index contributed by atoms with van der Waals surface area (Å²) in [5.41, 5.74) is 1.40. The Hall–Kier alpha value is -2.45. The number of carbonyl (C=O) groups is 2. The van der Waals surface area contributed by atoms with Crippen LogP contribution in [0, 0.1) is 5.41 Å². The third-order valence-corrected chi connectivity index (χ3v) is 6.87. The van der Waals surface area contributed by atoms with Crippen molar-refractivity contribution in [1.29, 1.82) is 0 Å². The third kappa shape index (κ3) is 4.75. The summed E-state index contributed by atoms with van der Waals surface area (Å²) in [6, 6.07) is 7.70. The van der Waals surface area contributed by atoms with Crippen LogP contribution in [0.2, 0.25) is 5.02 Å². The monoisotopic (exact) mass is 445 g/mol. The number of methoxy groups -OCH3 is 1. The number of halogens is 1. The van der Waals surface area contributed by atoms with E-state index >= 15 is 0 Å². The van der Waals surface area contributed by atoms with Gasteiger partial charge in [0.1, 0.15) is 0 Å². The van der Waals surface area contributed by atoms with Gasteiger partial charge >= 0.3 is 0 Å². The van der Waals surface area contributed by atoms with Crippen molar-refractivity contribution in [2.75, 3.05) is 33.4 Å².